The van der Waals surface area contributed by atoms with E-state index in [0.29, 0.717) is 25.2 Å². The van der Waals surface area contributed by atoms with E-state index in [9.17, 15) is 22.8 Å². The summed E-state index contributed by atoms with van der Waals surface area (Å²) in [7, 11) is 0. The molecule has 1 aromatic carbocycles. The van der Waals surface area contributed by atoms with E-state index in [0.717, 1.165) is 41.8 Å². The van der Waals surface area contributed by atoms with E-state index in [1.165, 1.54) is 12.1 Å². The van der Waals surface area contributed by atoms with Crippen LogP contribution in [0.3, 0.4) is 0 Å². The van der Waals surface area contributed by atoms with Gasteiger partial charge in [0.2, 0.25) is 11.8 Å². The number of nitrogens with zero attached hydrogens (tertiary/aromatic N) is 1. The third-order valence-electron chi connectivity index (χ3n) is 6.49. The van der Waals surface area contributed by atoms with Crippen LogP contribution in [0, 0.1) is 5.92 Å². The van der Waals surface area contributed by atoms with Gasteiger partial charge in [0, 0.05) is 5.69 Å². The van der Waals surface area contributed by atoms with E-state index in [1.807, 2.05) is 6.07 Å². The monoisotopic (exact) mass is 475 g/mol. The summed E-state index contributed by atoms with van der Waals surface area (Å²) in [4.78, 5) is 29.6. The minimum atomic E-state index is -4.36. The van der Waals surface area contributed by atoms with E-state index >= 15 is 0 Å². The fourth-order valence-corrected chi connectivity index (χ4v) is 4.64. The quantitative estimate of drug-likeness (QED) is 0.514. The molecule has 4 atom stereocenters. The second-order valence-corrected chi connectivity index (χ2v) is 9.06. The zero-order valence-corrected chi connectivity index (χ0v) is 18.8. The smallest absolute Gasteiger partial charge is 0.384 e. The Labute approximate surface area is 195 Å². The van der Waals surface area contributed by atoms with E-state index < -0.39 is 23.8 Å². The molecule has 7 nitrogen and oxygen atoms in total. The molecule has 1 aliphatic heterocycles. The lowest BCUT2D eigenvalue weighted by Gasteiger charge is -2.20. The number of nitrogens with one attached hydrogen (secondary N) is 3. The number of carbonyl (C=O) groups excluding carboxylic acids is 2. The maximum atomic E-state index is 12.7. The first-order chi connectivity index (χ1) is 16.1. The lowest BCUT2D eigenvalue weighted by molar-refractivity contribution is -0.137. The number of alkyl halides is 3. The first-order valence-corrected chi connectivity index (χ1v) is 11.4. The fourth-order valence-electron chi connectivity index (χ4n) is 4.64. The fraction of sp³-hybridized carbons (Fsp3) is 0.458. The van der Waals surface area contributed by atoms with Crippen molar-refractivity contribution in [3.05, 3.63) is 58.8 Å². The number of anilines is 1. The first kappa shape index (κ1) is 24.0. The summed E-state index contributed by atoms with van der Waals surface area (Å²) in [5.41, 5.74) is 7.67. The predicted molar refractivity (Wildman–Crippen MR) is 121 cm³/mol. The van der Waals surface area contributed by atoms with Crippen LogP contribution in [0.5, 0.6) is 0 Å². The highest BCUT2D eigenvalue weighted by Gasteiger charge is 2.33. The van der Waals surface area contributed by atoms with E-state index in [4.69, 9.17) is 5.73 Å². The van der Waals surface area contributed by atoms with Gasteiger partial charge in [0.15, 0.2) is 0 Å². The number of carbonyl (C=O) groups is 2. The Balaban J connectivity index is 1.25. The number of amides is 2. The molecule has 1 aromatic heterocycles. The number of hydrogen-bond donors (Lipinski definition) is 4. The first-order valence-electron chi connectivity index (χ1n) is 11.4. The Hall–Kier alpha value is -3.14. The van der Waals surface area contributed by atoms with Crippen molar-refractivity contribution >= 4 is 17.6 Å². The average Bonchev–Trinajstić information content (AvgIpc) is 3.40. The lowest BCUT2D eigenvalue weighted by Crippen LogP contribution is -2.50. The molecule has 2 amide bonds. The molecule has 1 saturated heterocycles. The Morgan fingerprint density at radius 2 is 1.94 bits per heavy atom. The minimum Gasteiger partial charge on any atom is -0.384 e. The van der Waals surface area contributed by atoms with Crippen LogP contribution in [0.15, 0.2) is 36.4 Å². The van der Waals surface area contributed by atoms with Crippen molar-refractivity contribution < 1.29 is 22.8 Å². The van der Waals surface area contributed by atoms with Gasteiger partial charge < -0.3 is 21.7 Å². The number of pyridine rings is 1. The molecule has 4 rings (SSSR count). The van der Waals surface area contributed by atoms with Gasteiger partial charge in [0.25, 0.3) is 0 Å². The number of benzene rings is 1. The molecule has 182 valence electrons. The highest BCUT2D eigenvalue weighted by atomic mass is 19.4. The maximum absolute atomic E-state index is 12.7. The summed E-state index contributed by atoms with van der Waals surface area (Å²) in [5.74, 6) is 0.0275. The van der Waals surface area contributed by atoms with Crippen molar-refractivity contribution in [2.45, 2.75) is 56.9 Å². The van der Waals surface area contributed by atoms with E-state index in [1.54, 1.807) is 13.0 Å². The minimum absolute atomic E-state index is 0.117. The molecule has 1 aliphatic carbocycles. The van der Waals surface area contributed by atoms with Gasteiger partial charge in [-0.3, -0.25) is 9.59 Å². The summed E-state index contributed by atoms with van der Waals surface area (Å²) in [5, 5.41) is 8.89. The van der Waals surface area contributed by atoms with Gasteiger partial charge in [-0.25, -0.2) is 4.98 Å². The number of rotatable bonds is 6. The molecule has 0 bridgehead atoms. The SMILES string of the molecule is C[C@H](NC(=O)[C@H]1C[C@H](Cc2ccc(C(F)(F)F)cc2)CN1)C(=O)N[C@@H]1CCc2nc(N)ccc21. The molecule has 0 saturated carbocycles. The number of aryl methyl sites for hydroxylation is 1. The Morgan fingerprint density at radius 1 is 1.21 bits per heavy atom. The molecule has 0 radical (unpaired) electrons. The topological polar surface area (TPSA) is 109 Å². The van der Waals surface area contributed by atoms with Gasteiger partial charge >= 0.3 is 6.18 Å². The van der Waals surface area contributed by atoms with Crippen LogP contribution in [-0.4, -0.2) is 35.4 Å². The Morgan fingerprint density at radius 3 is 2.65 bits per heavy atom. The molecule has 0 unspecified atom stereocenters. The van der Waals surface area contributed by atoms with Crippen molar-refractivity contribution in [3.63, 3.8) is 0 Å². The van der Waals surface area contributed by atoms with Gasteiger partial charge in [-0.1, -0.05) is 18.2 Å². The third-order valence-corrected chi connectivity index (χ3v) is 6.49. The molecular formula is C24H28F3N5O2. The summed E-state index contributed by atoms with van der Waals surface area (Å²) in [6.07, 6.45) is -1.77. The van der Waals surface area contributed by atoms with Gasteiger partial charge in [0.1, 0.15) is 11.9 Å². The standard InChI is InChI=1S/C24H28F3N5O2/c1-13(22(33)32-19-8-7-18-17(19)6-9-21(28)31-18)30-23(34)20-11-15(12-29-20)10-14-2-4-16(5-3-14)24(25,26)27/h2-6,9,13,15,19-20,29H,7-8,10-12H2,1H3,(H2,28,31)(H,30,34)(H,32,33)/t13-,15-,19+,20+/m0/s1. The van der Waals surface area contributed by atoms with E-state index in [2.05, 4.69) is 20.9 Å². The van der Waals surface area contributed by atoms with Crippen LogP contribution in [0.2, 0.25) is 0 Å². The van der Waals surface area contributed by atoms with Crippen LogP contribution in [0.25, 0.3) is 0 Å². The molecule has 2 heterocycles. The van der Waals surface area contributed by atoms with E-state index in [-0.39, 0.29) is 23.8 Å². The number of halogens is 3. The largest absolute Gasteiger partial charge is 0.416 e. The van der Waals surface area contributed by atoms with Gasteiger partial charge in [0.05, 0.1) is 17.6 Å². The molecule has 0 spiro atoms. The number of hydrogen-bond acceptors (Lipinski definition) is 5. The molecule has 5 N–H and O–H groups in total. The van der Waals surface area contributed by atoms with Crippen molar-refractivity contribution in [1.29, 1.82) is 0 Å². The second-order valence-electron chi connectivity index (χ2n) is 9.06. The predicted octanol–water partition coefficient (Wildman–Crippen LogP) is 2.51. The second kappa shape index (κ2) is 9.61. The van der Waals surface area contributed by atoms with Crippen LogP contribution in [-0.2, 0) is 28.6 Å². The zero-order valence-electron chi connectivity index (χ0n) is 18.8. The third kappa shape index (κ3) is 5.49. The van der Waals surface area contributed by atoms with Crippen molar-refractivity contribution in [2.75, 3.05) is 12.3 Å². The number of aromatic nitrogens is 1. The van der Waals surface area contributed by atoms with Gasteiger partial charge in [-0.05, 0) is 74.4 Å². The molecule has 2 aromatic rings. The number of nitrogen functional groups attached to an aromatic ring is 1. The normalized spacial score (nSPS) is 22.8. The molecular weight excluding hydrogens is 447 g/mol. The van der Waals surface area contributed by atoms with Crippen LogP contribution < -0.4 is 21.7 Å². The zero-order chi connectivity index (χ0) is 24.5. The van der Waals surface area contributed by atoms with Gasteiger partial charge in [-0.15, -0.1) is 0 Å². The summed E-state index contributed by atoms with van der Waals surface area (Å²) in [6.45, 7) is 2.22. The number of fused-ring (bicyclic) bond motifs is 1. The maximum Gasteiger partial charge on any atom is 0.416 e. The van der Waals surface area contributed by atoms with Crippen molar-refractivity contribution in [1.82, 2.24) is 20.9 Å². The van der Waals surface area contributed by atoms with Crippen molar-refractivity contribution in [3.8, 4) is 0 Å². The van der Waals surface area contributed by atoms with Crippen LogP contribution in [0.1, 0.15) is 48.2 Å². The Bertz CT molecular complexity index is 1060. The molecule has 10 heteroatoms. The molecule has 34 heavy (non-hydrogen) atoms. The van der Waals surface area contributed by atoms with Crippen molar-refractivity contribution in [2.24, 2.45) is 5.92 Å². The highest BCUT2D eigenvalue weighted by Crippen LogP contribution is 2.31. The molecule has 2 aliphatic rings. The summed E-state index contributed by atoms with van der Waals surface area (Å²) in [6, 6.07) is 7.38. The Kier molecular flexibility index (Phi) is 6.79. The van der Waals surface area contributed by atoms with Crippen LogP contribution >= 0.6 is 0 Å². The highest BCUT2D eigenvalue weighted by molar-refractivity contribution is 5.89. The number of nitrogens with two attached hydrogens (primary N) is 1. The summed E-state index contributed by atoms with van der Waals surface area (Å²) < 4.78 is 38.2. The average molecular weight is 476 g/mol. The summed E-state index contributed by atoms with van der Waals surface area (Å²) >= 11 is 0. The molecule has 1 fully saturated rings. The van der Waals surface area contributed by atoms with Crippen LogP contribution in [0.4, 0.5) is 19.0 Å². The lowest BCUT2D eigenvalue weighted by atomic mass is 9.96. The van der Waals surface area contributed by atoms with Gasteiger partial charge in [-0.2, -0.15) is 13.2 Å².